The molecule has 2 heterocycles. The molecule has 1 aromatic carbocycles. The van der Waals surface area contributed by atoms with Crippen LogP contribution >= 0.6 is 11.6 Å². The van der Waals surface area contributed by atoms with Crippen LogP contribution < -0.4 is 0 Å². The van der Waals surface area contributed by atoms with Crippen LogP contribution in [0, 0.1) is 5.41 Å². The van der Waals surface area contributed by atoms with Gasteiger partial charge in [0, 0.05) is 17.5 Å². The van der Waals surface area contributed by atoms with E-state index in [0.29, 0.717) is 18.1 Å². The van der Waals surface area contributed by atoms with Crippen LogP contribution in [0.15, 0.2) is 40.8 Å². The highest BCUT2D eigenvalue weighted by Gasteiger charge is 2.41. The summed E-state index contributed by atoms with van der Waals surface area (Å²) < 4.78 is 5.96. The third kappa shape index (κ3) is 3.93. The first-order valence-electron chi connectivity index (χ1n) is 8.93. The molecule has 5 heteroatoms. The second-order valence-electron chi connectivity index (χ2n) is 7.02. The SMILES string of the molecule is CCC[C@]1(CO)CCN(Cc2ccc(-c3ccccc3Cl)o2)C[C@@H]1O. The van der Waals surface area contributed by atoms with E-state index >= 15 is 0 Å². The largest absolute Gasteiger partial charge is 0.460 e. The molecular formula is C20H26ClNO3. The van der Waals surface area contributed by atoms with Gasteiger partial charge in [-0.1, -0.05) is 37.1 Å². The van der Waals surface area contributed by atoms with Gasteiger partial charge in [0.15, 0.2) is 0 Å². The third-order valence-electron chi connectivity index (χ3n) is 5.31. The van der Waals surface area contributed by atoms with Crippen molar-refractivity contribution in [2.45, 2.75) is 38.8 Å². The fourth-order valence-corrected chi connectivity index (χ4v) is 3.99. The number of halogens is 1. The van der Waals surface area contributed by atoms with E-state index < -0.39 is 6.10 Å². The van der Waals surface area contributed by atoms with E-state index in [0.717, 1.165) is 42.9 Å². The zero-order valence-corrected chi connectivity index (χ0v) is 15.4. The van der Waals surface area contributed by atoms with Gasteiger partial charge >= 0.3 is 0 Å². The van der Waals surface area contributed by atoms with Crippen molar-refractivity contribution in [3.8, 4) is 11.3 Å². The number of hydrogen-bond donors (Lipinski definition) is 2. The molecule has 0 unspecified atom stereocenters. The summed E-state index contributed by atoms with van der Waals surface area (Å²) in [5.41, 5.74) is 0.535. The first-order valence-corrected chi connectivity index (χ1v) is 9.30. The molecule has 1 aromatic heterocycles. The predicted molar refractivity (Wildman–Crippen MR) is 99.5 cm³/mol. The number of benzene rings is 1. The lowest BCUT2D eigenvalue weighted by atomic mass is 9.73. The molecule has 0 spiro atoms. The molecule has 25 heavy (non-hydrogen) atoms. The number of piperidine rings is 1. The standard InChI is InChI=1S/C20H26ClNO3/c1-2-9-20(14-23)10-11-22(13-19(20)24)12-15-7-8-18(25-15)16-5-3-4-6-17(16)21/h3-8,19,23-24H,2,9-14H2,1H3/t19-,20+/m0/s1. The molecule has 0 amide bonds. The molecule has 136 valence electrons. The van der Waals surface area contributed by atoms with E-state index in [9.17, 15) is 10.2 Å². The summed E-state index contributed by atoms with van der Waals surface area (Å²) in [6.07, 6.45) is 2.12. The van der Waals surface area contributed by atoms with Gasteiger partial charge in [0.1, 0.15) is 11.5 Å². The quantitative estimate of drug-likeness (QED) is 0.816. The summed E-state index contributed by atoms with van der Waals surface area (Å²) in [7, 11) is 0. The lowest BCUT2D eigenvalue weighted by Gasteiger charge is -2.44. The maximum Gasteiger partial charge on any atom is 0.135 e. The van der Waals surface area contributed by atoms with Crippen LogP contribution in [0.2, 0.25) is 5.02 Å². The topological polar surface area (TPSA) is 56.8 Å². The van der Waals surface area contributed by atoms with Gasteiger partial charge in [0.2, 0.25) is 0 Å². The Morgan fingerprint density at radius 2 is 2.08 bits per heavy atom. The fraction of sp³-hybridized carbons (Fsp3) is 0.500. The van der Waals surface area contributed by atoms with Crippen molar-refractivity contribution in [2.24, 2.45) is 5.41 Å². The van der Waals surface area contributed by atoms with Gasteiger partial charge in [0.25, 0.3) is 0 Å². The van der Waals surface area contributed by atoms with E-state index in [-0.39, 0.29) is 12.0 Å². The fourth-order valence-electron chi connectivity index (χ4n) is 3.76. The van der Waals surface area contributed by atoms with Crippen LogP contribution in [-0.4, -0.2) is 40.9 Å². The summed E-state index contributed by atoms with van der Waals surface area (Å²) in [5.74, 6) is 1.61. The molecule has 1 fully saturated rings. The Balaban J connectivity index is 1.66. The highest BCUT2D eigenvalue weighted by molar-refractivity contribution is 6.33. The van der Waals surface area contributed by atoms with Crippen LogP contribution in [0.3, 0.4) is 0 Å². The lowest BCUT2D eigenvalue weighted by molar-refractivity contribution is -0.0811. The van der Waals surface area contributed by atoms with Crippen LogP contribution in [0.1, 0.15) is 31.9 Å². The van der Waals surface area contributed by atoms with Crippen molar-refractivity contribution >= 4 is 11.6 Å². The van der Waals surface area contributed by atoms with Gasteiger partial charge in [-0.15, -0.1) is 0 Å². The Bertz CT molecular complexity index is 702. The van der Waals surface area contributed by atoms with Crippen LogP contribution in [0.4, 0.5) is 0 Å². The average molecular weight is 364 g/mol. The van der Waals surface area contributed by atoms with Gasteiger partial charge in [-0.05, 0) is 43.7 Å². The van der Waals surface area contributed by atoms with Crippen molar-refractivity contribution in [1.82, 2.24) is 4.90 Å². The van der Waals surface area contributed by atoms with Crippen molar-refractivity contribution in [3.05, 3.63) is 47.2 Å². The summed E-state index contributed by atoms with van der Waals surface area (Å²) >= 11 is 6.23. The molecule has 0 saturated carbocycles. The average Bonchev–Trinajstić information content (AvgIpc) is 3.06. The number of furan rings is 1. The highest BCUT2D eigenvalue weighted by Crippen LogP contribution is 2.37. The summed E-state index contributed by atoms with van der Waals surface area (Å²) in [4.78, 5) is 2.18. The van der Waals surface area contributed by atoms with Crippen molar-refractivity contribution in [1.29, 1.82) is 0 Å². The van der Waals surface area contributed by atoms with Crippen LogP contribution in [0.25, 0.3) is 11.3 Å². The molecule has 1 aliphatic heterocycles. The minimum atomic E-state index is -0.510. The number of hydrogen-bond acceptors (Lipinski definition) is 4. The minimum absolute atomic E-state index is 0.0489. The van der Waals surface area contributed by atoms with E-state index in [2.05, 4.69) is 11.8 Å². The molecule has 1 saturated heterocycles. The first kappa shape index (κ1) is 18.5. The summed E-state index contributed by atoms with van der Waals surface area (Å²) in [6, 6.07) is 11.5. The van der Waals surface area contributed by atoms with Gasteiger partial charge < -0.3 is 14.6 Å². The van der Waals surface area contributed by atoms with Crippen molar-refractivity contribution in [2.75, 3.05) is 19.7 Å². The Morgan fingerprint density at radius 1 is 1.28 bits per heavy atom. The zero-order valence-electron chi connectivity index (χ0n) is 14.6. The van der Waals surface area contributed by atoms with Crippen LogP contribution in [-0.2, 0) is 6.54 Å². The Hall–Kier alpha value is -1.33. The van der Waals surface area contributed by atoms with Gasteiger partial charge in [-0.25, -0.2) is 0 Å². The Morgan fingerprint density at radius 3 is 2.76 bits per heavy atom. The number of likely N-dealkylation sites (tertiary alicyclic amines) is 1. The molecular weight excluding hydrogens is 338 g/mol. The molecule has 0 bridgehead atoms. The Kier molecular flexibility index (Phi) is 5.85. The van der Waals surface area contributed by atoms with Crippen LogP contribution in [0.5, 0.6) is 0 Å². The van der Waals surface area contributed by atoms with E-state index in [1.165, 1.54) is 0 Å². The third-order valence-corrected chi connectivity index (χ3v) is 5.64. The van der Waals surface area contributed by atoms with Gasteiger partial charge in [0.05, 0.1) is 24.3 Å². The highest BCUT2D eigenvalue weighted by atomic mass is 35.5. The zero-order chi connectivity index (χ0) is 17.9. The maximum atomic E-state index is 10.6. The second kappa shape index (κ2) is 7.92. The number of aliphatic hydroxyl groups excluding tert-OH is 2. The van der Waals surface area contributed by atoms with E-state index in [4.69, 9.17) is 16.0 Å². The van der Waals surface area contributed by atoms with E-state index in [1.807, 2.05) is 36.4 Å². The first-order chi connectivity index (χ1) is 12.1. The monoisotopic (exact) mass is 363 g/mol. The normalized spacial score (nSPS) is 24.6. The predicted octanol–water partition coefficient (Wildman–Crippen LogP) is 3.95. The van der Waals surface area contributed by atoms with Gasteiger partial charge in [-0.2, -0.15) is 0 Å². The molecule has 0 aliphatic carbocycles. The molecule has 2 atom stereocenters. The smallest absolute Gasteiger partial charge is 0.135 e. The van der Waals surface area contributed by atoms with E-state index in [1.54, 1.807) is 0 Å². The minimum Gasteiger partial charge on any atom is -0.460 e. The molecule has 1 aliphatic rings. The van der Waals surface area contributed by atoms with Crippen molar-refractivity contribution < 1.29 is 14.6 Å². The Labute approximate surface area is 154 Å². The summed E-state index contributed by atoms with van der Waals surface area (Å²) in [5, 5.41) is 21.0. The van der Waals surface area contributed by atoms with Crippen molar-refractivity contribution in [3.63, 3.8) is 0 Å². The van der Waals surface area contributed by atoms with Gasteiger partial charge in [-0.3, -0.25) is 4.90 Å². The number of nitrogens with zero attached hydrogens (tertiary/aromatic N) is 1. The lowest BCUT2D eigenvalue weighted by Crippen LogP contribution is -2.52. The molecule has 4 nitrogen and oxygen atoms in total. The number of rotatable bonds is 6. The molecule has 3 rings (SSSR count). The molecule has 2 aromatic rings. The number of β-amino-alcohol motifs (C(OH)–C–C–N with tert-alkyl or cyclic N) is 1. The molecule has 2 N–H and O–H groups in total. The number of aliphatic hydroxyl groups is 2. The second-order valence-corrected chi connectivity index (χ2v) is 7.42. The molecule has 0 radical (unpaired) electrons. The maximum absolute atomic E-state index is 10.6. The summed E-state index contributed by atoms with van der Waals surface area (Å²) in [6.45, 7) is 4.19.